The first-order chi connectivity index (χ1) is 14.9. The number of amides is 1. The second-order valence-corrected chi connectivity index (χ2v) is 7.25. The van der Waals surface area contributed by atoms with Gasteiger partial charge in [-0.15, -0.1) is 8.78 Å². The topological polar surface area (TPSA) is 56.6 Å². The Morgan fingerprint density at radius 2 is 1.81 bits per heavy atom. The van der Waals surface area contributed by atoms with Crippen LogP contribution >= 0.6 is 11.6 Å². The zero-order chi connectivity index (χ0) is 23.4. The second kappa shape index (κ2) is 7.37. The molecule has 0 N–H and O–H groups in total. The summed E-state index contributed by atoms with van der Waals surface area (Å²) in [7, 11) is 1.41. The molecule has 1 aromatic heterocycles. The molecular formula is C20H13ClF5N3O3. The Hall–Kier alpha value is -3.34. The minimum atomic E-state index is -4.74. The lowest BCUT2D eigenvalue weighted by molar-refractivity contribution is -0.286. The molecule has 32 heavy (non-hydrogen) atoms. The molecule has 168 valence electrons. The highest BCUT2D eigenvalue weighted by Crippen LogP contribution is 2.43. The third kappa shape index (κ3) is 3.83. The maximum Gasteiger partial charge on any atom is 0.586 e. The fourth-order valence-corrected chi connectivity index (χ4v) is 3.37. The van der Waals surface area contributed by atoms with Crippen LogP contribution in [0.25, 0.3) is 5.69 Å². The van der Waals surface area contributed by atoms with E-state index >= 15 is 0 Å². The zero-order valence-corrected chi connectivity index (χ0v) is 17.1. The molecule has 6 nitrogen and oxygen atoms in total. The van der Waals surface area contributed by atoms with Gasteiger partial charge in [-0.3, -0.25) is 4.79 Å². The molecule has 0 unspecified atom stereocenters. The number of carbonyl (C=O) groups is 1. The van der Waals surface area contributed by atoms with E-state index in [-0.39, 0.29) is 34.1 Å². The quantitative estimate of drug-likeness (QED) is 0.475. The molecule has 1 amide bonds. The smallest absolute Gasteiger partial charge is 0.395 e. The molecule has 0 saturated heterocycles. The number of aromatic nitrogens is 2. The van der Waals surface area contributed by atoms with Crippen LogP contribution in [0.4, 0.5) is 27.6 Å². The normalized spacial score (nSPS) is 14.5. The van der Waals surface area contributed by atoms with Gasteiger partial charge < -0.3 is 14.4 Å². The molecule has 0 aliphatic carbocycles. The van der Waals surface area contributed by atoms with Crippen molar-refractivity contribution in [1.29, 1.82) is 0 Å². The van der Waals surface area contributed by atoms with Crippen molar-refractivity contribution >= 4 is 23.2 Å². The molecule has 0 fully saturated rings. The molecule has 0 spiro atoms. The van der Waals surface area contributed by atoms with E-state index in [2.05, 4.69) is 14.6 Å². The highest BCUT2D eigenvalue weighted by atomic mass is 35.5. The maximum absolute atomic E-state index is 13.2. The lowest BCUT2D eigenvalue weighted by Crippen LogP contribution is -2.26. The number of nitrogens with zero attached hydrogens (tertiary/aromatic N) is 3. The predicted molar refractivity (Wildman–Crippen MR) is 104 cm³/mol. The van der Waals surface area contributed by atoms with E-state index in [1.54, 1.807) is 0 Å². The summed E-state index contributed by atoms with van der Waals surface area (Å²) in [5.74, 6) is -0.958. The van der Waals surface area contributed by atoms with Crippen LogP contribution in [0.2, 0.25) is 5.02 Å². The number of halogens is 6. The summed E-state index contributed by atoms with van der Waals surface area (Å²) >= 11 is 5.79. The first kappa shape index (κ1) is 21.9. The minimum Gasteiger partial charge on any atom is -0.395 e. The molecule has 4 rings (SSSR count). The first-order valence-corrected chi connectivity index (χ1v) is 9.36. The number of hydrogen-bond acceptors (Lipinski definition) is 4. The van der Waals surface area contributed by atoms with Crippen LogP contribution in [0.3, 0.4) is 0 Å². The third-order valence-corrected chi connectivity index (χ3v) is 5.18. The van der Waals surface area contributed by atoms with Crippen molar-refractivity contribution in [2.75, 3.05) is 11.9 Å². The molecule has 12 heteroatoms. The van der Waals surface area contributed by atoms with Crippen molar-refractivity contribution in [3.05, 3.63) is 64.4 Å². The summed E-state index contributed by atoms with van der Waals surface area (Å²) < 4.78 is 75.5. The van der Waals surface area contributed by atoms with Gasteiger partial charge in [-0.2, -0.15) is 18.3 Å². The number of fused-ring (bicyclic) bond motifs is 1. The molecular weight excluding hydrogens is 461 g/mol. The van der Waals surface area contributed by atoms with Gasteiger partial charge in [0.1, 0.15) is 0 Å². The fourth-order valence-electron chi connectivity index (χ4n) is 3.14. The molecule has 2 aromatic carbocycles. The van der Waals surface area contributed by atoms with Crippen molar-refractivity contribution in [2.24, 2.45) is 0 Å². The monoisotopic (exact) mass is 473 g/mol. The Labute approximate surface area is 182 Å². The van der Waals surface area contributed by atoms with Crippen molar-refractivity contribution in [1.82, 2.24) is 9.78 Å². The SMILES string of the molecule is Cc1c(Cl)c(C(F)(F)F)nn1-c1cccc(C(=O)N(C)c2ccc3c(c2)OC(F)(F)O3)c1. The third-order valence-electron chi connectivity index (χ3n) is 4.73. The van der Waals surface area contributed by atoms with Crippen molar-refractivity contribution < 1.29 is 36.2 Å². The van der Waals surface area contributed by atoms with Gasteiger partial charge in [0.05, 0.1) is 16.4 Å². The minimum absolute atomic E-state index is 0.0497. The van der Waals surface area contributed by atoms with Crippen LogP contribution in [0.5, 0.6) is 11.5 Å². The zero-order valence-electron chi connectivity index (χ0n) is 16.4. The molecule has 0 atom stereocenters. The summed E-state index contributed by atoms with van der Waals surface area (Å²) in [5.41, 5.74) is -0.647. The van der Waals surface area contributed by atoms with Gasteiger partial charge in [-0.05, 0) is 37.3 Å². The molecule has 0 bridgehead atoms. The average molecular weight is 474 g/mol. The number of hydrogen-bond donors (Lipinski definition) is 0. The Morgan fingerprint density at radius 1 is 1.12 bits per heavy atom. The van der Waals surface area contributed by atoms with E-state index < -0.39 is 29.1 Å². The van der Waals surface area contributed by atoms with Gasteiger partial charge in [-0.1, -0.05) is 17.7 Å². The lowest BCUT2D eigenvalue weighted by Gasteiger charge is -2.18. The van der Waals surface area contributed by atoms with Gasteiger partial charge >= 0.3 is 12.5 Å². The van der Waals surface area contributed by atoms with Crippen molar-refractivity contribution in [3.63, 3.8) is 0 Å². The van der Waals surface area contributed by atoms with E-state index in [1.807, 2.05) is 0 Å². The lowest BCUT2D eigenvalue weighted by atomic mass is 10.1. The predicted octanol–water partition coefficient (Wildman–Crippen LogP) is 5.45. The van der Waals surface area contributed by atoms with Crippen LogP contribution in [-0.2, 0) is 6.18 Å². The van der Waals surface area contributed by atoms with E-state index in [0.717, 1.165) is 4.68 Å². The van der Waals surface area contributed by atoms with E-state index in [0.29, 0.717) is 0 Å². The molecule has 0 saturated carbocycles. The Morgan fingerprint density at radius 3 is 2.47 bits per heavy atom. The van der Waals surface area contributed by atoms with Crippen molar-refractivity contribution in [3.8, 4) is 17.2 Å². The van der Waals surface area contributed by atoms with E-state index in [9.17, 15) is 26.7 Å². The molecule has 3 aromatic rings. The number of rotatable bonds is 3. The van der Waals surface area contributed by atoms with Crippen LogP contribution in [0.1, 0.15) is 21.7 Å². The van der Waals surface area contributed by atoms with Gasteiger partial charge in [0.2, 0.25) is 0 Å². The summed E-state index contributed by atoms with van der Waals surface area (Å²) in [6.07, 6.45) is -8.53. The maximum atomic E-state index is 13.2. The number of ether oxygens (including phenoxy) is 2. The molecule has 1 aliphatic rings. The van der Waals surface area contributed by atoms with Crippen LogP contribution in [0.15, 0.2) is 42.5 Å². The second-order valence-electron chi connectivity index (χ2n) is 6.87. The molecule has 2 heterocycles. The highest BCUT2D eigenvalue weighted by Gasteiger charge is 2.43. The summed E-state index contributed by atoms with van der Waals surface area (Å²) in [6, 6.07) is 9.57. The van der Waals surface area contributed by atoms with Crippen LogP contribution < -0.4 is 14.4 Å². The fraction of sp³-hybridized carbons (Fsp3) is 0.200. The average Bonchev–Trinajstić information content (AvgIpc) is 3.20. The number of anilines is 1. The first-order valence-electron chi connectivity index (χ1n) is 8.98. The van der Waals surface area contributed by atoms with Crippen LogP contribution in [-0.4, -0.2) is 29.0 Å². The van der Waals surface area contributed by atoms with Crippen molar-refractivity contribution in [2.45, 2.75) is 19.4 Å². The number of carbonyl (C=O) groups excluding carboxylic acids is 1. The standard InChI is InChI=1S/C20H13ClF5N3O3/c1-10-16(21)17(19(22,23)24)27-29(10)13-5-3-4-11(8-13)18(30)28(2)12-6-7-14-15(9-12)32-20(25,26)31-14/h3-9H,1-2H3. The van der Waals surface area contributed by atoms with E-state index in [1.165, 1.54) is 61.3 Å². The van der Waals surface area contributed by atoms with Crippen LogP contribution in [0, 0.1) is 6.92 Å². The Kier molecular flexibility index (Phi) is 5.04. The van der Waals surface area contributed by atoms with E-state index in [4.69, 9.17) is 11.6 Å². The molecule has 0 radical (unpaired) electrons. The summed E-state index contributed by atoms with van der Waals surface area (Å²) in [6.45, 7) is 1.37. The summed E-state index contributed by atoms with van der Waals surface area (Å²) in [4.78, 5) is 14.1. The van der Waals surface area contributed by atoms with Gasteiger partial charge in [0, 0.05) is 24.4 Å². The van der Waals surface area contributed by atoms with Gasteiger partial charge in [-0.25, -0.2) is 4.68 Å². The van der Waals surface area contributed by atoms with Gasteiger partial charge in [0.15, 0.2) is 17.2 Å². The molecule has 1 aliphatic heterocycles. The number of alkyl halides is 5. The largest absolute Gasteiger partial charge is 0.586 e. The Bertz CT molecular complexity index is 1230. The van der Waals surface area contributed by atoms with Gasteiger partial charge in [0.25, 0.3) is 5.91 Å². The highest BCUT2D eigenvalue weighted by molar-refractivity contribution is 6.32. The summed E-state index contributed by atoms with van der Waals surface area (Å²) in [5, 5.41) is 3.00. The Balaban J connectivity index is 1.64. The number of benzene rings is 2.